The topological polar surface area (TPSA) is 113 Å². The molecule has 10 nitrogen and oxygen atoms in total. The van der Waals surface area contributed by atoms with Gasteiger partial charge in [-0.15, -0.1) is 0 Å². The third-order valence-corrected chi connectivity index (χ3v) is 8.02. The summed E-state index contributed by atoms with van der Waals surface area (Å²) in [6.45, 7) is 5.06. The van der Waals surface area contributed by atoms with Gasteiger partial charge in [-0.1, -0.05) is 0 Å². The molecule has 0 atom stereocenters. The summed E-state index contributed by atoms with van der Waals surface area (Å²) in [7, 11) is -3.30. The molecule has 2 aliphatic rings. The molecule has 3 heterocycles. The summed E-state index contributed by atoms with van der Waals surface area (Å²) in [5.74, 6) is 0.738. The minimum atomic E-state index is -3.30. The van der Waals surface area contributed by atoms with Gasteiger partial charge >= 0.3 is 5.56 Å². The molecule has 1 aliphatic heterocycles. The zero-order valence-electron chi connectivity index (χ0n) is 17.3. The van der Waals surface area contributed by atoms with Crippen LogP contribution >= 0.6 is 0 Å². The zero-order valence-corrected chi connectivity index (χ0v) is 18.1. The molecule has 0 radical (unpaired) electrons. The summed E-state index contributed by atoms with van der Waals surface area (Å²) in [5.41, 5.74) is 0.269. The van der Waals surface area contributed by atoms with Gasteiger partial charge in [0.05, 0.1) is 30.1 Å². The molecular formula is C19H28N6O4S. The number of hydrogen-bond acceptors (Lipinski definition) is 7. The molecule has 2 aromatic rings. The number of aromatic amines is 1. The molecule has 11 heteroatoms. The quantitative estimate of drug-likeness (QED) is 0.722. The number of ether oxygens (including phenoxy) is 1. The Morgan fingerprint density at radius 1 is 1.13 bits per heavy atom. The van der Waals surface area contributed by atoms with Crippen molar-refractivity contribution in [3.63, 3.8) is 0 Å². The van der Waals surface area contributed by atoms with E-state index in [1.54, 1.807) is 20.0 Å². The van der Waals surface area contributed by atoms with E-state index < -0.39 is 15.3 Å². The van der Waals surface area contributed by atoms with Crippen LogP contribution in [-0.2, 0) is 10.0 Å². The lowest BCUT2D eigenvalue weighted by Crippen LogP contribution is -2.50. The summed E-state index contributed by atoms with van der Waals surface area (Å²) in [6, 6.07) is 0. The van der Waals surface area contributed by atoms with Gasteiger partial charge in [-0.25, -0.2) is 13.4 Å². The number of rotatable bonds is 6. The molecule has 4 rings (SSSR count). The Kier molecular flexibility index (Phi) is 5.83. The van der Waals surface area contributed by atoms with Crippen molar-refractivity contribution in [2.24, 2.45) is 0 Å². The van der Waals surface area contributed by atoms with Crippen molar-refractivity contribution in [2.75, 3.05) is 31.1 Å². The van der Waals surface area contributed by atoms with E-state index in [-0.39, 0.29) is 17.4 Å². The highest BCUT2D eigenvalue weighted by Gasteiger charge is 2.31. The van der Waals surface area contributed by atoms with E-state index in [0.29, 0.717) is 37.7 Å². The van der Waals surface area contributed by atoms with Crippen LogP contribution < -0.4 is 15.2 Å². The fourth-order valence-electron chi connectivity index (χ4n) is 3.96. The molecule has 30 heavy (non-hydrogen) atoms. The molecule has 1 N–H and O–H groups in total. The third kappa shape index (κ3) is 3.95. The predicted molar refractivity (Wildman–Crippen MR) is 113 cm³/mol. The molecule has 2 fully saturated rings. The van der Waals surface area contributed by atoms with Crippen LogP contribution in [0.4, 0.5) is 5.69 Å². The molecule has 1 saturated carbocycles. The van der Waals surface area contributed by atoms with Gasteiger partial charge < -0.3 is 14.6 Å². The van der Waals surface area contributed by atoms with E-state index in [2.05, 4.69) is 15.1 Å². The Labute approximate surface area is 175 Å². The van der Waals surface area contributed by atoms with Crippen molar-refractivity contribution in [3.8, 4) is 11.6 Å². The van der Waals surface area contributed by atoms with Gasteiger partial charge in [-0.3, -0.25) is 4.79 Å². The molecule has 164 valence electrons. The molecule has 0 spiro atoms. The van der Waals surface area contributed by atoms with E-state index in [1.165, 1.54) is 21.5 Å². The van der Waals surface area contributed by atoms with Crippen LogP contribution in [0.25, 0.3) is 5.82 Å². The van der Waals surface area contributed by atoms with Gasteiger partial charge in [0, 0.05) is 26.2 Å². The second kappa shape index (κ2) is 8.38. The Bertz CT molecular complexity index is 1020. The number of nitrogens with zero attached hydrogens (tertiary/aromatic N) is 5. The summed E-state index contributed by atoms with van der Waals surface area (Å²) in [6.07, 6.45) is 8.68. The van der Waals surface area contributed by atoms with Gasteiger partial charge in [0.1, 0.15) is 5.69 Å². The lowest BCUT2D eigenvalue weighted by molar-refractivity contribution is 0.205. The van der Waals surface area contributed by atoms with Crippen LogP contribution in [0.5, 0.6) is 5.75 Å². The Morgan fingerprint density at radius 3 is 2.43 bits per heavy atom. The standard InChI is InChI=1S/C19H28N6O4S/c1-14(2)30(27,28)24-9-7-23(8-10-24)16-11-22-25(17-12-20-13-21-17)19(26)18(16)29-15-5-3-4-6-15/h11-15H,3-10H2,1-2H3,(H,20,21). The zero-order chi connectivity index (χ0) is 21.3. The predicted octanol–water partition coefficient (Wildman–Crippen LogP) is 1.14. The monoisotopic (exact) mass is 436 g/mol. The third-order valence-electron chi connectivity index (χ3n) is 5.75. The molecular weight excluding hydrogens is 408 g/mol. The van der Waals surface area contributed by atoms with E-state index in [4.69, 9.17) is 4.74 Å². The van der Waals surface area contributed by atoms with Crippen molar-refractivity contribution in [1.82, 2.24) is 24.1 Å². The number of hydrogen-bond donors (Lipinski definition) is 1. The second-order valence-corrected chi connectivity index (χ2v) is 10.5. The van der Waals surface area contributed by atoms with E-state index in [9.17, 15) is 13.2 Å². The van der Waals surface area contributed by atoms with E-state index in [0.717, 1.165) is 25.7 Å². The van der Waals surface area contributed by atoms with Crippen molar-refractivity contribution >= 4 is 15.7 Å². The average molecular weight is 437 g/mol. The molecule has 2 aromatic heterocycles. The van der Waals surface area contributed by atoms with Crippen LogP contribution in [0.2, 0.25) is 0 Å². The number of sulfonamides is 1. The normalized spacial score (nSPS) is 19.0. The molecule has 1 saturated heterocycles. The number of anilines is 1. The van der Waals surface area contributed by atoms with Crippen molar-refractivity contribution in [3.05, 3.63) is 29.1 Å². The Balaban J connectivity index is 1.63. The molecule has 0 amide bonds. The number of piperazine rings is 1. The molecule has 1 aliphatic carbocycles. The summed E-state index contributed by atoms with van der Waals surface area (Å²) in [4.78, 5) is 22.1. The fourth-order valence-corrected chi connectivity index (χ4v) is 5.22. The number of H-pyrrole nitrogens is 1. The van der Waals surface area contributed by atoms with Crippen molar-refractivity contribution < 1.29 is 13.2 Å². The van der Waals surface area contributed by atoms with Crippen LogP contribution in [-0.4, -0.2) is 70.0 Å². The highest BCUT2D eigenvalue weighted by molar-refractivity contribution is 7.89. The van der Waals surface area contributed by atoms with Gasteiger partial charge in [-0.2, -0.15) is 14.1 Å². The van der Waals surface area contributed by atoms with Crippen molar-refractivity contribution in [2.45, 2.75) is 50.9 Å². The van der Waals surface area contributed by atoms with Crippen LogP contribution in [0.3, 0.4) is 0 Å². The highest BCUT2D eigenvalue weighted by atomic mass is 32.2. The summed E-state index contributed by atoms with van der Waals surface area (Å²) in [5, 5.41) is 3.85. The van der Waals surface area contributed by atoms with Crippen LogP contribution in [0.1, 0.15) is 39.5 Å². The number of aromatic nitrogens is 4. The van der Waals surface area contributed by atoms with Gasteiger partial charge in [0.25, 0.3) is 0 Å². The van der Waals surface area contributed by atoms with E-state index in [1.807, 2.05) is 4.90 Å². The van der Waals surface area contributed by atoms with Gasteiger partial charge in [0.15, 0.2) is 5.82 Å². The van der Waals surface area contributed by atoms with E-state index >= 15 is 0 Å². The first-order valence-corrected chi connectivity index (χ1v) is 11.9. The van der Waals surface area contributed by atoms with Crippen molar-refractivity contribution in [1.29, 1.82) is 0 Å². The molecule has 0 unspecified atom stereocenters. The van der Waals surface area contributed by atoms with Crippen LogP contribution in [0.15, 0.2) is 23.5 Å². The fraction of sp³-hybridized carbons (Fsp3) is 0.632. The summed E-state index contributed by atoms with van der Waals surface area (Å²) >= 11 is 0. The average Bonchev–Trinajstić information content (AvgIpc) is 3.44. The Hall–Kier alpha value is -2.40. The van der Waals surface area contributed by atoms with Gasteiger partial charge in [0.2, 0.25) is 15.8 Å². The smallest absolute Gasteiger partial charge is 0.317 e. The van der Waals surface area contributed by atoms with Gasteiger partial charge in [-0.05, 0) is 39.5 Å². The maximum absolute atomic E-state index is 13.2. The number of nitrogens with one attached hydrogen (secondary N) is 1. The highest BCUT2D eigenvalue weighted by Crippen LogP contribution is 2.30. The SMILES string of the molecule is CC(C)S(=O)(=O)N1CCN(c2cnn(-c3cnc[nH]3)c(=O)c2OC2CCCC2)CC1. The first-order chi connectivity index (χ1) is 14.4. The largest absolute Gasteiger partial charge is 0.483 e. The minimum Gasteiger partial charge on any atom is -0.483 e. The molecule has 0 bridgehead atoms. The first kappa shape index (κ1) is 20.9. The number of imidazole rings is 1. The van der Waals surface area contributed by atoms with Crippen LogP contribution in [0, 0.1) is 0 Å². The first-order valence-electron chi connectivity index (χ1n) is 10.4. The Morgan fingerprint density at radius 2 is 1.83 bits per heavy atom. The maximum atomic E-state index is 13.2. The minimum absolute atomic E-state index is 0.0108. The lowest BCUT2D eigenvalue weighted by atomic mass is 10.2. The lowest BCUT2D eigenvalue weighted by Gasteiger charge is -2.36. The summed E-state index contributed by atoms with van der Waals surface area (Å²) < 4.78 is 33.9. The molecule has 0 aromatic carbocycles. The second-order valence-electron chi connectivity index (χ2n) is 8.02. The maximum Gasteiger partial charge on any atom is 0.317 e.